The van der Waals surface area contributed by atoms with Crippen molar-refractivity contribution in [3.63, 3.8) is 0 Å². The van der Waals surface area contributed by atoms with E-state index in [1.165, 1.54) is 0 Å². The minimum atomic E-state index is -0.302. The van der Waals surface area contributed by atoms with Crippen LogP contribution in [-0.4, -0.2) is 72.8 Å². The number of amides is 3. The van der Waals surface area contributed by atoms with Crippen LogP contribution in [0.15, 0.2) is 0 Å². The van der Waals surface area contributed by atoms with Crippen LogP contribution >= 0.6 is 0 Å². The Kier molecular flexibility index (Phi) is 5.08. The van der Waals surface area contributed by atoms with Crippen LogP contribution in [0.5, 0.6) is 0 Å². The Bertz CT molecular complexity index is 393. The molecule has 2 fully saturated rings. The van der Waals surface area contributed by atoms with Crippen LogP contribution in [0.1, 0.15) is 19.8 Å². The summed E-state index contributed by atoms with van der Waals surface area (Å²) in [6, 6.07) is -0.302. The molecule has 7 nitrogen and oxygen atoms in total. The molecule has 2 aliphatic rings. The van der Waals surface area contributed by atoms with Gasteiger partial charge in [-0.05, 0) is 6.42 Å². The van der Waals surface area contributed by atoms with Crippen molar-refractivity contribution in [2.45, 2.75) is 25.8 Å². The van der Waals surface area contributed by atoms with Crippen LogP contribution in [0.2, 0.25) is 0 Å². The summed E-state index contributed by atoms with van der Waals surface area (Å²) >= 11 is 0. The second-order valence-electron chi connectivity index (χ2n) is 5.19. The Labute approximate surface area is 118 Å². The number of rotatable bonds is 4. The van der Waals surface area contributed by atoms with Crippen molar-refractivity contribution in [1.29, 1.82) is 0 Å². The normalized spacial score (nSPS) is 24.6. The van der Waals surface area contributed by atoms with Gasteiger partial charge in [-0.15, -0.1) is 0 Å². The van der Waals surface area contributed by atoms with Gasteiger partial charge in [-0.25, -0.2) is 0 Å². The van der Waals surface area contributed by atoms with Crippen LogP contribution in [-0.2, 0) is 14.4 Å². The highest BCUT2D eigenvalue weighted by Crippen LogP contribution is 2.10. The number of nitrogens with one attached hydrogen (secondary N) is 2. The number of hydrogen-bond acceptors (Lipinski definition) is 5. The average Bonchev–Trinajstić information content (AvgIpc) is 2.45. The number of nitrogens with zero attached hydrogens (tertiary/aromatic N) is 2. The highest BCUT2D eigenvalue weighted by molar-refractivity contribution is 6.01. The topological polar surface area (TPSA) is 81.8 Å². The van der Waals surface area contributed by atoms with Gasteiger partial charge >= 0.3 is 0 Å². The number of hydrogen-bond donors (Lipinski definition) is 2. The lowest BCUT2D eigenvalue weighted by Gasteiger charge is -2.34. The van der Waals surface area contributed by atoms with Crippen LogP contribution in [0.3, 0.4) is 0 Å². The van der Waals surface area contributed by atoms with Crippen LogP contribution < -0.4 is 10.6 Å². The van der Waals surface area contributed by atoms with Gasteiger partial charge in [0.1, 0.15) is 0 Å². The highest BCUT2D eigenvalue weighted by Gasteiger charge is 2.32. The van der Waals surface area contributed by atoms with Crippen molar-refractivity contribution >= 4 is 17.7 Å². The van der Waals surface area contributed by atoms with Crippen molar-refractivity contribution in [3.05, 3.63) is 0 Å². The van der Waals surface area contributed by atoms with E-state index >= 15 is 0 Å². The van der Waals surface area contributed by atoms with Crippen LogP contribution in [0.4, 0.5) is 0 Å². The first kappa shape index (κ1) is 14.9. The zero-order chi connectivity index (χ0) is 14.5. The van der Waals surface area contributed by atoms with Crippen molar-refractivity contribution in [1.82, 2.24) is 20.4 Å². The molecular weight excluding hydrogens is 260 g/mol. The molecule has 0 aromatic rings. The molecule has 7 heteroatoms. The van der Waals surface area contributed by atoms with Gasteiger partial charge in [0.05, 0.1) is 12.6 Å². The zero-order valence-corrected chi connectivity index (χ0v) is 11.9. The Morgan fingerprint density at radius 3 is 2.65 bits per heavy atom. The fraction of sp³-hybridized carbons (Fsp3) is 0.769. The predicted octanol–water partition coefficient (Wildman–Crippen LogP) is -1.45. The molecule has 2 heterocycles. The third-order valence-corrected chi connectivity index (χ3v) is 3.82. The molecular formula is C13H22N4O3. The summed E-state index contributed by atoms with van der Waals surface area (Å²) in [6.07, 6.45) is 0.998. The monoisotopic (exact) mass is 282 g/mol. The molecule has 0 spiro atoms. The molecule has 0 aromatic carbocycles. The maximum Gasteiger partial charge on any atom is 0.243 e. The molecule has 2 aliphatic heterocycles. The molecule has 20 heavy (non-hydrogen) atoms. The summed E-state index contributed by atoms with van der Waals surface area (Å²) in [6.45, 7) is 5.68. The quantitative estimate of drug-likeness (QED) is 0.616. The van der Waals surface area contributed by atoms with Gasteiger partial charge in [0.15, 0.2) is 0 Å². The van der Waals surface area contributed by atoms with E-state index in [-0.39, 0.29) is 30.3 Å². The van der Waals surface area contributed by atoms with Crippen molar-refractivity contribution in [3.8, 4) is 0 Å². The van der Waals surface area contributed by atoms with E-state index in [2.05, 4.69) is 10.6 Å². The molecule has 0 aromatic heterocycles. The summed E-state index contributed by atoms with van der Waals surface area (Å²) in [5.74, 6) is -0.438. The lowest BCUT2D eigenvalue weighted by Crippen LogP contribution is -2.58. The second-order valence-corrected chi connectivity index (χ2v) is 5.19. The fourth-order valence-electron chi connectivity index (χ4n) is 2.71. The van der Waals surface area contributed by atoms with Crippen molar-refractivity contribution in [2.24, 2.45) is 0 Å². The predicted molar refractivity (Wildman–Crippen MR) is 72.9 cm³/mol. The van der Waals surface area contributed by atoms with Gasteiger partial charge in [-0.3, -0.25) is 24.6 Å². The fourth-order valence-corrected chi connectivity index (χ4v) is 2.71. The number of carbonyl (C=O) groups excluding carboxylic acids is 3. The molecule has 0 aliphatic carbocycles. The lowest BCUT2D eigenvalue weighted by molar-refractivity contribution is -0.142. The molecule has 0 bridgehead atoms. The standard InChI is InChI=1S/C13H22N4O3/c1-2-10-13(20)15-11(18)9-17(10)6-3-12(19)16-7-4-14-5-8-16/h10,14H,2-9H2,1H3,(H,15,18,20). The van der Waals surface area contributed by atoms with Gasteiger partial charge in [0.25, 0.3) is 0 Å². The van der Waals surface area contributed by atoms with Gasteiger partial charge in [0, 0.05) is 39.1 Å². The Morgan fingerprint density at radius 2 is 2.00 bits per heavy atom. The van der Waals surface area contributed by atoms with E-state index in [1.54, 1.807) is 4.90 Å². The third kappa shape index (κ3) is 3.55. The summed E-state index contributed by atoms with van der Waals surface area (Å²) in [7, 11) is 0. The van der Waals surface area contributed by atoms with Gasteiger partial charge in [-0.2, -0.15) is 0 Å². The average molecular weight is 282 g/mol. The number of piperazine rings is 2. The number of imide groups is 1. The first-order chi connectivity index (χ1) is 9.61. The first-order valence-electron chi connectivity index (χ1n) is 7.18. The molecule has 0 radical (unpaired) electrons. The second kappa shape index (κ2) is 6.81. The minimum Gasteiger partial charge on any atom is -0.340 e. The molecule has 0 saturated carbocycles. The summed E-state index contributed by atoms with van der Waals surface area (Å²) in [5, 5.41) is 5.54. The molecule has 2 rings (SSSR count). The Hall–Kier alpha value is -1.47. The maximum absolute atomic E-state index is 12.1. The van der Waals surface area contributed by atoms with Crippen molar-refractivity contribution < 1.29 is 14.4 Å². The zero-order valence-electron chi connectivity index (χ0n) is 11.9. The molecule has 2 N–H and O–H groups in total. The molecule has 2 saturated heterocycles. The minimum absolute atomic E-state index is 0.0970. The molecule has 3 amide bonds. The molecule has 112 valence electrons. The van der Waals surface area contributed by atoms with E-state index in [4.69, 9.17) is 0 Å². The summed E-state index contributed by atoms with van der Waals surface area (Å²) in [4.78, 5) is 38.9. The van der Waals surface area contributed by atoms with E-state index in [0.29, 0.717) is 19.4 Å². The molecule has 1 atom stereocenters. The van der Waals surface area contributed by atoms with Gasteiger partial charge < -0.3 is 10.2 Å². The summed E-state index contributed by atoms with van der Waals surface area (Å²) < 4.78 is 0. The first-order valence-corrected chi connectivity index (χ1v) is 7.18. The van der Waals surface area contributed by atoms with E-state index in [9.17, 15) is 14.4 Å². The molecule has 1 unspecified atom stereocenters. The largest absolute Gasteiger partial charge is 0.340 e. The highest BCUT2D eigenvalue weighted by atomic mass is 16.2. The maximum atomic E-state index is 12.1. The van der Waals surface area contributed by atoms with Crippen LogP contribution in [0, 0.1) is 0 Å². The van der Waals surface area contributed by atoms with Gasteiger partial charge in [-0.1, -0.05) is 6.92 Å². The third-order valence-electron chi connectivity index (χ3n) is 3.82. The lowest BCUT2D eigenvalue weighted by atomic mass is 10.1. The SMILES string of the molecule is CCC1C(=O)NC(=O)CN1CCC(=O)N1CCNCC1. The number of carbonyl (C=O) groups is 3. The van der Waals surface area contributed by atoms with E-state index in [0.717, 1.165) is 26.2 Å². The van der Waals surface area contributed by atoms with E-state index < -0.39 is 0 Å². The van der Waals surface area contributed by atoms with Gasteiger partial charge in [0.2, 0.25) is 17.7 Å². The van der Waals surface area contributed by atoms with Crippen LogP contribution in [0.25, 0.3) is 0 Å². The smallest absolute Gasteiger partial charge is 0.243 e. The van der Waals surface area contributed by atoms with Crippen molar-refractivity contribution in [2.75, 3.05) is 39.3 Å². The summed E-state index contributed by atoms with van der Waals surface area (Å²) in [5.41, 5.74) is 0. The van der Waals surface area contributed by atoms with E-state index in [1.807, 2.05) is 11.8 Å². The Morgan fingerprint density at radius 1 is 1.30 bits per heavy atom. The Balaban J connectivity index is 1.86.